The number of benzene rings is 1. The van der Waals surface area contributed by atoms with Crippen LogP contribution in [0.4, 0.5) is 0 Å². The third-order valence-electron chi connectivity index (χ3n) is 3.31. The van der Waals surface area contributed by atoms with Gasteiger partial charge in [-0.05, 0) is 30.5 Å². The van der Waals surface area contributed by atoms with Crippen molar-refractivity contribution in [3.05, 3.63) is 34.3 Å². The average molecular weight is 269 g/mol. The normalized spacial score (nSPS) is 11.3. The highest BCUT2D eigenvalue weighted by atomic mass is 35.5. The fourth-order valence-electron chi connectivity index (χ4n) is 2.13. The Morgan fingerprint density at radius 1 is 1.22 bits per heavy atom. The minimum atomic E-state index is -1.44. The molecule has 0 atom stereocenters. The lowest BCUT2D eigenvalue weighted by atomic mass is 9.74. The Morgan fingerprint density at radius 3 is 2.17 bits per heavy atom. The molecule has 1 aromatic carbocycles. The fraction of sp³-hybridized carbons (Fsp3) is 0.385. The second-order valence-electron chi connectivity index (χ2n) is 4.05. The van der Waals surface area contributed by atoms with Gasteiger partial charge in [0.2, 0.25) is 0 Å². The second-order valence-corrected chi connectivity index (χ2v) is 4.49. The lowest BCUT2D eigenvalue weighted by Gasteiger charge is -2.35. The number of carbonyl (C=O) groups excluding carboxylic acids is 2. The number of hydrogen-bond donors (Lipinski definition) is 0. The van der Waals surface area contributed by atoms with Crippen molar-refractivity contribution in [1.82, 2.24) is 0 Å². The zero-order valence-corrected chi connectivity index (χ0v) is 10.9. The summed E-state index contributed by atoms with van der Waals surface area (Å²) in [6.45, 7) is 3.35. The van der Waals surface area contributed by atoms with Crippen molar-refractivity contribution in [3.8, 4) is 0 Å². The lowest BCUT2D eigenvalue weighted by molar-refractivity contribution is -0.314. The summed E-state index contributed by atoms with van der Waals surface area (Å²) in [4.78, 5) is 22.5. The molecule has 0 bridgehead atoms. The Labute approximate surface area is 110 Å². The Kier molecular flexibility index (Phi) is 4.35. The van der Waals surface area contributed by atoms with E-state index in [0.717, 1.165) is 0 Å². The number of halogens is 1. The van der Waals surface area contributed by atoms with Crippen LogP contribution in [0.25, 0.3) is 0 Å². The van der Waals surface area contributed by atoms with Crippen molar-refractivity contribution in [3.63, 3.8) is 0 Å². The Bertz CT molecular complexity index is 478. The van der Waals surface area contributed by atoms with E-state index in [0.29, 0.717) is 0 Å². The molecule has 0 aliphatic carbocycles. The van der Waals surface area contributed by atoms with Crippen molar-refractivity contribution in [1.29, 1.82) is 0 Å². The van der Waals surface area contributed by atoms with E-state index in [1.165, 1.54) is 18.2 Å². The van der Waals surface area contributed by atoms with Crippen LogP contribution in [0.1, 0.15) is 42.6 Å². The number of carboxylic acid groups (broad SMARTS) is 2. The number of carbonyl (C=O) groups is 2. The van der Waals surface area contributed by atoms with Crippen LogP contribution >= 0.6 is 11.6 Å². The smallest absolute Gasteiger partial charge is 0.0718 e. The van der Waals surface area contributed by atoms with E-state index in [1.807, 2.05) is 0 Å². The molecule has 0 saturated carbocycles. The summed E-state index contributed by atoms with van der Waals surface area (Å²) in [5, 5.41) is 22.7. The Morgan fingerprint density at radius 2 is 1.78 bits per heavy atom. The van der Waals surface area contributed by atoms with E-state index in [9.17, 15) is 19.8 Å². The molecular formula is C13H13ClO4-2. The quantitative estimate of drug-likeness (QED) is 0.779. The van der Waals surface area contributed by atoms with Gasteiger partial charge < -0.3 is 19.8 Å². The average Bonchev–Trinajstić information content (AvgIpc) is 2.32. The molecule has 0 amide bonds. The maximum atomic E-state index is 11.4. The first kappa shape index (κ1) is 14.5. The van der Waals surface area contributed by atoms with Gasteiger partial charge in [0, 0.05) is 16.0 Å². The van der Waals surface area contributed by atoms with Crippen LogP contribution in [0.3, 0.4) is 0 Å². The summed E-state index contributed by atoms with van der Waals surface area (Å²) in [5.41, 5.74) is -1.35. The van der Waals surface area contributed by atoms with Crippen molar-refractivity contribution >= 4 is 23.5 Å². The van der Waals surface area contributed by atoms with E-state index in [1.54, 1.807) is 13.8 Å². The molecule has 0 N–H and O–H groups in total. The number of rotatable bonds is 5. The van der Waals surface area contributed by atoms with E-state index in [4.69, 9.17) is 11.6 Å². The maximum absolute atomic E-state index is 11.4. The van der Waals surface area contributed by atoms with Crippen LogP contribution in [-0.4, -0.2) is 11.9 Å². The SMILES string of the molecule is CCC(CC)(C(=O)[O-])c1ccc(Cl)cc1C(=O)[O-]. The lowest BCUT2D eigenvalue weighted by Crippen LogP contribution is -2.46. The summed E-state index contributed by atoms with van der Waals surface area (Å²) in [6.07, 6.45) is 0.460. The molecule has 4 nitrogen and oxygen atoms in total. The summed E-state index contributed by atoms with van der Waals surface area (Å²) >= 11 is 5.72. The number of aromatic carboxylic acids is 1. The first-order valence-electron chi connectivity index (χ1n) is 5.61. The molecular weight excluding hydrogens is 256 g/mol. The predicted molar refractivity (Wildman–Crippen MR) is 63.0 cm³/mol. The minimum Gasteiger partial charge on any atom is -0.549 e. The second kappa shape index (κ2) is 5.40. The summed E-state index contributed by atoms with van der Waals surface area (Å²) < 4.78 is 0. The fourth-order valence-corrected chi connectivity index (χ4v) is 2.30. The molecule has 0 aliphatic heterocycles. The van der Waals surface area contributed by atoms with Gasteiger partial charge in [0.25, 0.3) is 0 Å². The molecule has 0 radical (unpaired) electrons. The first-order chi connectivity index (χ1) is 8.39. The molecule has 1 rings (SSSR count). The van der Waals surface area contributed by atoms with E-state index < -0.39 is 17.4 Å². The van der Waals surface area contributed by atoms with Gasteiger partial charge in [-0.2, -0.15) is 0 Å². The van der Waals surface area contributed by atoms with E-state index >= 15 is 0 Å². The van der Waals surface area contributed by atoms with Gasteiger partial charge in [-0.15, -0.1) is 0 Å². The molecule has 0 fully saturated rings. The molecule has 0 unspecified atom stereocenters. The van der Waals surface area contributed by atoms with Crippen LogP contribution in [0.15, 0.2) is 18.2 Å². The Hall–Kier alpha value is -1.55. The molecule has 0 aromatic heterocycles. The van der Waals surface area contributed by atoms with Crippen LogP contribution < -0.4 is 10.2 Å². The van der Waals surface area contributed by atoms with Gasteiger partial charge in [-0.3, -0.25) is 0 Å². The molecule has 0 saturated heterocycles. The van der Waals surface area contributed by atoms with Gasteiger partial charge >= 0.3 is 0 Å². The molecule has 0 heterocycles. The highest BCUT2D eigenvalue weighted by Gasteiger charge is 2.32. The van der Waals surface area contributed by atoms with E-state index in [-0.39, 0.29) is 29.0 Å². The van der Waals surface area contributed by atoms with Crippen LogP contribution in [0, 0.1) is 0 Å². The third-order valence-corrected chi connectivity index (χ3v) is 3.55. The van der Waals surface area contributed by atoms with Crippen molar-refractivity contribution in [2.75, 3.05) is 0 Å². The standard InChI is InChI=1S/C13H15ClO4/c1-3-13(4-2,12(17)18)10-6-5-8(14)7-9(10)11(15)16/h5-7H,3-4H2,1-2H3,(H,15,16)(H,17,18)/p-2. The first-order valence-corrected chi connectivity index (χ1v) is 5.99. The summed E-state index contributed by atoms with van der Waals surface area (Å²) in [5.74, 6) is -2.74. The minimum absolute atomic E-state index is 0.178. The molecule has 18 heavy (non-hydrogen) atoms. The van der Waals surface area contributed by atoms with Crippen LogP contribution in [0.2, 0.25) is 5.02 Å². The molecule has 0 spiro atoms. The molecule has 98 valence electrons. The largest absolute Gasteiger partial charge is 0.549 e. The third kappa shape index (κ3) is 2.34. The van der Waals surface area contributed by atoms with Crippen molar-refractivity contribution < 1.29 is 19.8 Å². The van der Waals surface area contributed by atoms with Gasteiger partial charge in [0.15, 0.2) is 0 Å². The maximum Gasteiger partial charge on any atom is 0.0718 e. The topological polar surface area (TPSA) is 80.3 Å². The van der Waals surface area contributed by atoms with Crippen LogP contribution in [-0.2, 0) is 10.2 Å². The van der Waals surface area contributed by atoms with Gasteiger partial charge in [0.05, 0.1) is 11.9 Å². The molecule has 0 aliphatic rings. The van der Waals surface area contributed by atoms with Gasteiger partial charge in [-0.25, -0.2) is 0 Å². The predicted octanol–water partition coefficient (Wildman–Crippen LogP) is 0.511. The highest BCUT2D eigenvalue weighted by molar-refractivity contribution is 6.31. The van der Waals surface area contributed by atoms with Gasteiger partial charge in [0.1, 0.15) is 0 Å². The van der Waals surface area contributed by atoms with Gasteiger partial charge in [-0.1, -0.05) is 31.5 Å². The zero-order chi connectivity index (χ0) is 13.9. The summed E-state index contributed by atoms with van der Waals surface area (Å²) in [6, 6.07) is 4.08. The van der Waals surface area contributed by atoms with Crippen molar-refractivity contribution in [2.45, 2.75) is 32.1 Å². The summed E-state index contributed by atoms with van der Waals surface area (Å²) in [7, 11) is 0. The Balaban J connectivity index is 3.56. The highest BCUT2D eigenvalue weighted by Crippen LogP contribution is 2.34. The van der Waals surface area contributed by atoms with E-state index in [2.05, 4.69) is 0 Å². The van der Waals surface area contributed by atoms with Crippen molar-refractivity contribution in [2.24, 2.45) is 0 Å². The van der Waals surface area contributed by atoms with Crippen LogP contribution in [0.5, 0.6) is 0 Å². The zero-order valence-electron chi connectivity index (χ0n) is 10.2. The number of carboxylic acids is 2. The number of hydrogen-bond acceptors (Lipinski definition) is 4. The number of aliphatic carboxylic acids is 1. The molecule has 1 aromatic rings. The molecule has 5 heteroatoms. The monoisotopic (exact) mass is 268 g/mol.